The Labute approximate surface area is 111 Å². The molecule has 0 saturated heterocycles. The Hall–Kier alpha value is -0.570. The minimum Gasteiger partial charge on any atom is -0.349 e. The first-order valence-electron chi connectivity index (χ1n) is 7.65. The quantitative estimate of drug-likeness (QED) is 0.731. The molecule has 2 saturated carbocycles. The van der Waals surface area contributed by atoms with Crippen LogP contribution in [0.3, 0.4) is 0 Å². The molecule has 0 heterocycles. The van der Waals surface area contributed by atoms with Crippen molar-refractivity contribution >= 4 is 5.91 Å². The zero-order chi connectivity index (χ0) is 13.0. The van der Waals surface area contributed by atoms with Gasteiger partial charge >= 0.3 is 0 Å². The number of carbonyl (C=O) groups excluding carboxylic acids is 1. The minimum atomic E-state index is -0.148. The zero-order valence-corrected chi connectivity index (χ0v) is 11.7. The van der Waals surface area contributed by atoms with Crippen molar-refractivity contribution in [2.45, 2.75) is 70.3 Å². The SMILES string of the molecule is CC(CN)(NC(=O)CCCC1CCCC1)C1CC1. The van der Waals surface area contributed by atoms with Crippen molar-refractivity contribution in [1.82, 2.24) is 5.32 Å². The third-order valence-electron chi connectivity index (χ3n) is 4.82. The highest BCUT2D eigenvalue weighted by Gasteiger charge is 2.41. The molecule has 2 fully saturated rings. The summed E-state index contributed by atoms with van der Waals surface area (Å²) < 4.78 is 0. The standard InChI is InChI=1S/C15H28N2O/c1-15(11-16,13-9-10-13)17-14(18)8-4-7-12-5-2-3-6-12/h12-13H,2-11,16H2,1H3,(H,17,18). The second-order valence-electron chi connectivity index (χ2n) is 6.49. The van der Waals surface area contributed by atoms with E-state index >= 15 is 0 Å². The molecule has 0 aliphatic heterocycles. The fourth-order valence-corrected chi connectivity index (χ4v) is 3.27. The molecule has 1 unspecified atom stereocenters. The first-order valence-corrected chi connectivity index (χ1v) is 7.65. The van der Waals surface area contributed by atoms with E-state index in [9.17, 15) is 4.79 Å². The number of hydrogen-bond donors (Lipinski definition) is 2. The van der Waals surface area contributed by atoms with E-state index < -0.39 is 0 Å². The van der Waals surface area contributed by atoms with Gasteiger partial charge in [0.2, 0.25) is 5.91 Å². The highest BCUT2D eigenvalue weighted by molar-refractivity contribution is 5.76. The lowest BCUT2D eigenvalue weighted by molar-refractivity contribution is -0.123. The van der Waals surface area contributed by atoms with Gasteiger partial charge in [-0.15, -0.1) is 0 Å². The van der Waals surface area contributed by atoms with Crippen LogP contribution in [0.5, 0.6) is 0 Å². The molecule has 3 nitrogen and oxygen atoms in total. The van der Waals surface area contributed by atoms with Crippen LogP contribution in [0.2, 0.25) is 0 Å². The van der Waals surface area contributed by atoms with Gasteiger partial charge in [0.1, 0.15) is 0 Å². The van der Waals surface area contributed by atoms with Gasteiger partial charge in [-0.25, -0.2) is 0 Å². The van der Waals surface area contributed by atoms with E-state index in [1.807, 2.05) is 0 Å². The highest BCUT2D eigenvalue weighted by atomic mass is 16.1. The average molecular weight is 252 g/mol. The van der Waals surface area contributed by atoms with Gasteiger partial charge < -0.3 is 11.1 Å². The summed E-state index contributed by atoms with van der Waals surface area (Å²) in [4.78, 5) is 12.0. The van der Waals surface area contributed by atoms with E-state index in [0.29, 0.717) is 18.9 Å². The predicted molar refractivity (Wildman–Crippen MR) is 74.1 cm³/mol. The maximum Gasteiger partial charge on any atom is 0.220 e. The molecule has 1 amide bonds. The van der Waals surface area contributed by atoms with E-state index in [1.54, 1.807) is 0 Å². The lowest BCUT2D eigenvalue weighted by atomic mass is 9.95. The van der Waals surface area contributed by atoms with Crippen LogP contribution in [0, 0.1) is 11.8 Å². The smallest absolute Gasteiger partial charge is 0.220 e. The van der Waals surface area contributed by atoms with E-state index in [-0.39, 0.29) is 11.4 Å². The first-order chi connectivity index (χ1) is 8.64. The summed E-state index contributed by atoms with van der Waals surface area (Å²) in [7, 11) is 0. The highest BCUT2D eigenvalue weighted by Crippen LogP contribution is 2.39. The van der Waals surface area contributed by atoms with Crippen molar-refractivity contribution in [3.63, 3.8) is 0 Å². The minimum absolute atomic E-state index is 0.148. The van der Waals surface area contributed by atoms with Gasteiger partial charge in [0.15, 0.2) is 0 Å². The van der Waals surface area contributed by atoms with Crippen molar-refractivity contribution in [2.24, 2.45) is 17.6 Å². The normalized spacial score (nSPS) is 23.9. The van der Waals surface area contributed by atoms with Crippen LogP contribution >= 0.6 is 0 Å². The second kappa shape index (κ2) is 6.05. The van der Waals surface area contributed by atoms with Crippen LogP contribution in [-0.2, 0) is 4.79 Å². The number of carbonyl (C=O) groups is 1. The zero-order valence-electron chi connectivity index (χ0n) is 11.7. The summed E-state index contributed by atoms with van der Waals surface area (Å²) in [5.41, 5.74) is 5.66. The molecule has 0 radical (unpaired) electrons. The summed E-state index contributed by atoms with van der Waals surface area (Å²) in [5, 5.41) is 3.17. The van der Waals surface area contributed by atoms with Gasteiger partial charge in [-0.05, 0) is 44.4 Å². The van der Waals surface area contributed by atoms with Crippen molar-refractivity contribution < 1.29 is 4.79 Å². The molecule has 18 heavy (non-hydrogen) atoms. The predicted octanol–water partition coefficient (Wildman–Crippen LogP) is 2.59. The monoisotopic (exact) mass is 252 g/mol. The Balaban J connectivity index is 1.64. The van der Waals surface area contributed by atoms with E-state index in [0.717, 1.165) is 12.3 Å². The summed E-state index contributed by atoms with van der Waals surface area (Å²) in [6.07, 6.45) is 10.9. The fourth-order valence-electron chi connectivity index (χ4n) is 3.27. The second-order valence-corrected chi connectivity index (χ2v) is 6.49. The molecular weight excluding hydrogens is 224 g/mol. The topological polar surface area (TPSA) is 55.1 Å². The number of nitrogens with one attached hydrogen (secondary N) is 1. The third kappa shape index (κ3) is 3.71. The van der Waals surface area contributed by atoms with Crippen molar-refractivity contribution in [2.75, 3.05) is 6.54 Å². The maximum absolute atomic E-state index is 12.0. The largest absolute Gasteiger partial charge is 0.349 e. The number of amides is 1. The molecule has 0 aromatic heterocycles. The van der Waals surface area contributed by atoms with Crippen molar-refractivity contribution in [3.8, 4) is 0 Å². The molecule has 0 aromatic rings. The molecular formula is C15H28N2O. The lowest BCUT2D eigenvalue weighted by Crippen LogP contribution is -2.53. The molecule has 0 bridgehead atoms. The van der Waals surface area contributed by atoms with Crippen LogP contribution in [0.4, 0.5) is 0 Å². The van der Waals surface area contributed by atoms with Crippen LogP contribution < -0.4 is 11.1 Å². The Morgan fingerprint density at radius 1 is 1.28 bits per heavy atom. The molecule has 3 heteroatoms. The van der Waals surface area contributed by atoms with Crippen LogP contribution in [0.15, 0.2) is 0 Å². The van der Waals surface area contributed by atoms with Gasteiger partial charge in [0.05, 0.1) is 5.54 Å². The van der Waals surface area contributed by atoms with Gasteiger partial charge in [0.25, 0.3) is 0 Å². The van der Waals surface area contributed by atoms with Gasteiger partial charge in [-0.2, -0.15) is 0 Å². The number of rotatable bonds is 7. The maximum atomic E-state index is 12.0. The summed E-state index contributed by atoms with van der Waals surface area (Å²) >= 11 is 0. The molecule has 2 rings (SSSR count). The number of hydrogen-bond acceptors (Lipinski definition) is 2. The van der Waals surface area contributed by atoms with Crippen LogP contribution in [0.25, 0.3) is 0 Å². The molecule has 3 N–H and O–H groups in total. The van der Waals surface area contributed by atoms with Gasteiger partial charge in [-0.3, -0.25) is 4.79 Å². The molecule has 0 spiro atoms. The molecule has 2 aliphatic rings. The summed E-state index contributed by atoms with van der Waals surface area (Å²) in [6, 6.07) is 0. The van der Waals surface area contributed by atoms with E-state index in [2.05, 4.69) is 12.2 Å². The lowest BCUT2D eigenvalue weighted by Gasteiger charge is -2.29. The van der Waals surface area contributed by atoms with Gasteiger partial charge in [-0.1, -0.05) is 25.7 Å². The Kier molecular flexibility index (Phi) is 4.66. The van der Waals surface area contributed by atoms with Gasteiger partial charge in [0, 0.05) is 13.0 Å². The Morgan fingerprint density at radius 2 is 1.94 bits per heavy atom. The van der Waals surface area contributed by atoms with Crippen molar-refractivity contribution in [1.29, 1.82) is 0 Å². The van der Waals surface area contributed by atoms with Crippen LogP contribution in [-0.4, -0.2) is 18.0 Å². The average Bonchev–Trinajstić information content (AvgIpc) is 3.09. The summed E-state index contributed by atoms with van der Waals surface area (Å²) in [6.45, 7) is 2.66. The Bertz CT molecular complexity index is 282. The molecule has 0 aromatic carbocycles. The molecule has 2 aliphatic carbocycles. The van der Waals surface area contributed by atoms with E-state index in [4.69, 9.17) is 5.73 Å². The molecule has 1 atom stereocenters. The number of nitrogens with two attached hydrogens (primary N) is 1. The Morgan fingerprint density at radius 3 is 2.50 bits per heavy atom. The van der Waals surface area contributed by atoms with E-state index in [1.165, 1.54) is 44.9 Å². The third-order valence-corrected chi connectivity index (χ3v) is 4.82. The first kappa shape index (κ1) is 13.9. The fraction of sp³-hybridized carbons (Fsp3) is 0.933. The van der Waals surface area contributed by atoms with Crippen molar-refractivity contribution in [3.05, 3.63) is 0 Å². The summed E-state index contributed by atoms with van der Waals surface area (Å²) in [5.74, 6) is 1.70. The van der Waals surface area contributed by atoms with Crippen LogP contribution in [0.1, 0.15) is 64.7 Å². The molecule has 104 valence electrons.